The van der Waals surface area contributed by atoms with Gasteiger partial charge in [0, 0.05) is 0 Å². The maximum atomic E-state index is 13.9. The molecule has 0 heterocycles. The lowest BCUT2D eigenvalue weighted by atomic mass is 10.2. The van der Waals surface area contributed by atoms with Crippen LogP contribution in [0.4, 0.5) is 8.78 Å². The van der Waals surface area contributed by atoms with E-state index in [-0.39, 0.29) is 17.7 Å². The fourth-order valence-corrected chi connectivity index (χ4v) is 3.31. The third kappa shape index (κ3) is 4.42. The minimum atomic E-state index is -3.85. The summed E-state index contributed by atoms with van der Waals surface area (Å²) in [6, 6.07) is 8.44. The number of hydrogen-bond donors (Lipinski definition) is 0. The average molecular weight is 338 g/mol. The summed E-state index contributed by atoms with van der Waals surface area (Å²) in [4.78, 5) is 0. The van der Waals surface area contributed by atoms with Gasteiger partial charge in [0.1, 0.15) is 0 Å². The Morgan fingerprint density at radius 2 is 1.43 bits per heavy atom. The van der Waals surface area contributed by atoms with Crippen molar-refractivity contribution in [1.82, 2.24) is 0 Å². The molecule has 0 fully saturated rings. The van der Waals surface area contributed by atoms with Gasteiger partial charge >= 0.3 is 7.60 Å². The van der Waals surface area contributed by atoms with Gasteiger partial charge in [-0.2, -0.15) is 0 Å². The molecule has 0 atom stereocenters. The van der Waals surface area contributed by atoms with E-state index >= 15 is 0 Å². The monoisotopic (exact) mass is 338 g/mol. The van der Waals surface area contributed by atoms with E-state index in [0.717, 1.165) is 0 Å². The van der Waals surface area contributed by atoms with E-state index in [1.54, 1.807) is 26.0 Å². The predicted octanol–water partition coefficient (Wildman–Crippen LogP) is 5.42. The highest BCUT2D eigenvalue weighted by Gasteiger charge is 2.29. The van der Waals surface area contributed by atoms with Gasteiger partial charge in [-0.1, -0.05) is 18.2 Å². The zero-order chi connectivity index (χ0) is 17.0. The van der Waals surface area contributed by atoms with Crippen molar-refractivity contribution in [3.8, 4) is 11.5 Å². The predicted molar refractivity (Wildman–Crippen MR) is 86.2 cm³/mol. The molecule has 0 aliphatic heterocycles. The Kier molecular flexibility index (Phi) is 5.22. The molecule has 6 heteroatoms. The normalized spacial score (nSPS) is 11.1. The van der Waals surface area contributed by atoms with E-state index in [9.17, 15) is 13.3 Å². The van der Waals surface area contributed by atoms with Crippen LogP contribution in [0.2, 0.25) is 0 Å². The summed E-state index contributed by atoms with van der Waals surface area (Å²) in [5.41, 5.74) is 1.39. The topological polar surface area (TPSA) is 35.5 Å². The number of rotatable bonds is 6. The third-order valence-electron chi connectivity index (χ3n) is 3.00. The lowest BCUT2D eigenvalue weighted by Crippen LogP contribution is -2.06. The first-order valence-electron chi connectivity index (χ1n) is 6.94. The second kappa shape index (κ2) is 6.97. The molecule has 0 aliphatic rings. The Bertz CT molecular complexity index is 717. The molecule has 0 unspecified atom stereocenters. The van der Waals surface area contributed by atoms with E-state index in [1.165, 1.54) is 30.3 Å². The molecule has 0 amide bonds. The minimum Gasteiger partial charge on any atom is -0.413 e. The van der Waals surface area contributed by atoms with Crippen LogP contribution in [0.5, 0.6) is 11.5 Å². The van der Waals surface area contributed by atoms with Gasteiger partial charge in [0.2, 0.25) is 0 Å². The van der Waals surface area contributed by atoms with Gasteiger partial charge in [-0.05, 0) is 49.2 Å². The van der Waals surface area contributed by atoms with Gasteiger partial charge in [-0.25, -0.2) is 13.3 Å². The van der Waals surface area contributed by atoms with E-state index in [0.29, 0.717) is 11.1 Å². The van der Waals surface area contributed by atoms with Crippen molar-refractivity contribution in [3.05, 3.63) is 71.8 Å². The summed E-state index contributed by atoms with van der Waals surface area (Å²) in [6.45, 7) is 6.92. The van der Waals surface area contributed by atoms with Crippen molar-refractivity contribution in [2.24, 2.45) is 0 Å². The highest BCUT2D eigenvalue weighted by Crippen LogP contribution is 2.49. The molecule has 0 saturated carbocycles. The van der Waals surface area contributed by atoms with Crippen molar-refractivity contribution in [2.75, 3.05) is 6.16 Å². The highest BCUT2D eigenvalue weighted by molar-refractivity contribution is 7.54. The summed E-state index contributed by atoms with van der Waals surface area (Å²) in [5.74, 6) is -1.76. The maximum Gasteiger partial charge on any atom is 0.434 e. The quantitative estimate of drug-likeness (QED) is 0.521. The van der Waals surface area contributed by atoms with Crippen molar-refractivity contribution in [1.29, 1.82) is 0 Å². The average Bonchev–Trinajstić information content (AvgIpc) is 2.46. The van der Waals surface area contributed by atoms with Crippen LogP contribution in [-0.4, -0.2) is 6.16 Å². The molecule has 0 aliphatic carbocycles. The van der Waals surface area contributed by atoms with Gasteiger partial charge in [0.05, 0.1) is 6.16 Å². The van der Waals surface area contributed by atoms with Crippen LogP contribution >= 0.6 is 7.60 Å². The van der Waals surface area contributed by atoms with Gasteiger partial charge in [0.15, 0.2) is 23.1 Å². The third-order valence-corrected chi connectivity index (χ3v) is 4.66. The molecule has 2 rings (SSSR count). The van der Waals surface area contributed by atoms with E-state index in [1.807, 2.05) is 0 Å². The molecule has 3 nitrogen and oxygen atoms in total. The molecular weight excluding hydrogens is 321 g/mol. The Hall–Kier alpha value is -2.13. The number of halogens is 2. The number of aryl methyl sites for hydroxylation is 2. The number of hydrogen-bond acceptors (Lipinski definition) is 3. The SMILES string of the molecule is C=CCP(=O)(Oc1ccc(C)cc1F)Oc1ccc(C)cc1F. The summed E-state index contributed by atoms with van der Waals surface area (Å²) in [5, 5.41) is 0. The van der Waals surface area contributed by atoms with Crippen LogP contribution in [0.3, 0.4) is 0 Å². The largest absolute Gasteiger partial charge is 0.434 e. The first-order valence-corrected chi connectivity index (χ1v) is 8.67. The molecule has 2 aromatic carbocycles. The zero-order valence-electron chi connectivity index (χ0n) is 12.9. The standard InChI is InChI=1S/C17H17F2O3P/c1-4-9-23(20,21-16-7-5-12(2)10-14(16)18)22-17-8-6-13(3)11-15(17)19/h4-8,10-11H,1,9H2,2-3H3. The van der Waals surface area contributed by atoms with Crippen LogP contribution in [0.25, 0.3) is 0 Å². The second-order valence-electron chi connectivity index (χ2n) is 5.13. The Morgan fingerprint density at radius 1 is 1.00 bits per heavy atom. The van der Waals surface area contributed by atoms with E-state index < -0.39 is 19.2 Å². The summed E-state index contributed by atoms with van der Waals surface area (Å²) in [7, 11) is -3.85. The first kappa shape index (κ1) is 17.2. The van der Waals surface area contributed by atoms with Crippen LogP contribution in [0.15, 0.2) is 49.1 Å². The number of allylic oxidation sites excluding steroid dienone is 1. The van der Waals surface area contributed by atoms with E-state index in [4.69, 9.17) is 9.05 Å². The summed E-state index contributed by atoms with van der Waals surface area (Å²) >= 11 is 0. The smallest absolute Gasteiger partial charge is 0.413 e. The van der Waals surface area contributed by atoms with Crippen molar-refractivity contribution in [2.45, 2.75) is 13.8 Å². The van der Waals surface area contributed by atoms with Gasteiger partial charge in [0.25, 0.3) is 0 Å². The fourth-order valence-electron chi connectivity index (χ4n) is 1.91. The van der Waals surface area contributed by atoms with Crippen LogP contribution in [0, 0.1) is 25.5 Å². The van der Waals surface area contributed by atoms with Crippen molar-refractivity contribution in [3.63, 3.8) is 0 Å². The van der Waals surface area contributed by atoms with Gasteiger partial charge < -0.3 is 9.05 Å². The molecule has 2 aromatic rings. The zero-order valence-corrected chi connectivity index (χ0v) is 13.8. The Morgan fingerprint density at radius 3 is 1.78 bits per heavy atom. The van der Waals surface area contributed by atoms with Gasteiger partial charge in [-0.3, -0.25) is 0 Å². The lowest BCUT2D eigenvalue weighted by molar-refractivity contribution is 0.370. The molecule has 0 spiro atoms. The molecular formula is C17H17F2O3P. The van der Waals surface area contributed by atoms with Crippen LogP contribution in [0.1, 0.15) is 11.1 Å². The minimum absolute atomic E-state index is 0.187. The Balaban J connectivity index is 2.31. The summed E-state index contributed by atoms with van der Waals surface area (Å²) in [6.07, 6.45) is 1.13. The fraction of sp³-hybridized carbons (Fsp3) is 0.176. The molecule has 0 N–H and O–H groups in total. The summed E-state index contributed by atoms with van der Waals surface area (Å²) < 4.78 is 51.0. The highest BCUT2D eigenvalue weighted by atomic mass is 31.2. The Labute approximate surface area is 134 Å². The molecule has 0 radical (unpaired) electrons. The van der Waals surface area contributed by atoms with Gasteiger partial charge in [-0.15, -0.1) is 6.58 Å². The maximum absolute atomic E-state index is 13.9. The van der Waals surface area contributed by atoms with Crippen LogP contribution < -0.4 is 9.05 Å². The van der Waals surface area contributed by atoms with Crippen molar-refractivity contribution >= 4 is 7.60 Å². The second-order valence-corrected chi connectivity index (χ2v) is 7.08. The van der Waals surface area contributed by atoms with E-state index in [2.05, 4.69) is 6.58 Å². The molecule has 0 bridgehead atoms. The molecule has 0 aromatic heterocycles. The molecule has 122 valence electrons. The molecule has 23 heavy (non-hydrogen) atoms. The number of benzene rings is 2. The van der Waals surface area contributed by atoms with Crippen molar-refractivity contribution < 1.29 is 22.4 Å². The van der Waals surface area contributed by atoms with Crippen LogP contribution in [-0.2, 0) is 4.57 Å². The lowest BCUT2D eigenvalue weighted by Gasteiger charge is -2.19. The molecule has 0 saturated heterocycles. The first-order chi connectivity index (χ1) is 10.8.